The van der Waals surface area contributed by atoms with E-state index in [1.165, 1.54) is 54.5 Å². The van der Waals surface area contributed by atoms with Gasteiger partial charge in [0.15, 0.2) is 0 Å². The van der Waals surface area contributed by atoms with Crippen molar-refractivity contribution in [2.45, 2.75) is 38.6 Å². The van der Waals surface area contributed by atoms with Crippen molar-refractivity contribution in [3.05, 3.63) is 65.0 Å². The van der Waals surface area contributed by atoms with Gasteiger partial charge in [-0.15, -0.1) is 0 Å². The molecular formula is C18H20FN. The van der Waals surface area contributed by atoms with Crippen LogP contribution < -0.4 is 5.32 Å². The first-order valence-electron chi connectivity index (χ1n) is 7.36. The molecule has 1 N–H and O–H groups in total. The summed E-state index contributed by atoms with van der Waals surface area (Å²) in [5, 5.41) is 3.37. The highest BCUT2D eigenvalue weighted by atomic mass is 19.1. The molecule has 0 saturated heterocycles. The fourth-order valence-corrected chi connectivity index (χ4v) is 2.93. The van der Waals surface area contributed by atoms with Gasteiger partial charge in [0, 0.05) is 11.7 Å². The molecule has 0 aromatic heterocycles. The van der Waals surface area contributed by atoms with E-state index >= 15 is 0 Å². The van der Waals surface area contributed by atoms with Crippen LogP contribution in [0.5, 0.6) is 0 Å². The molecule has 2 aromatic carbocycles. The second kappa shape index (κ2) is 5.66. The first-order valence-corrected chi connectivity index (χ1v) is 7.36. The molecule has 0 fully saturated rings. The lowest BCUT2D eigenvalue weighted by Gasteiger charge is -2.20. The normalized spacial score (nSPS) is 15.5. The summed E-state index contributed by atoms with van der Waals surface area (Å²) in [4.78, 5) is 0. The molecule has 0 saturated carbocycles. The third-order valence-corrected chi connectivity index (χ3v) is 4.08. The highest BCUT2D eigenvalue weighted by Crippen LogP contribution is 2.26. The minimum atomic E-state index is -0.201. The lowest BCUT2D eigenvalue weighted by Crippen LogP contribution is -2.09. The fourth-order valence-electron chi connectivity index (χ4n) is 2.93. The molecule has 1 atom stereocenters. The Kier molecular flexibility index (Phi) is 3.72. The van der Waals surface area contributed by atoms with Gasteiger partial charge in [-0.05, 0) is 67.5 Å². The lowest BCUT2D eigenvalue weighted by atomic mass is 9.89. The van der Waals surface area contributed by atoms with Crippen molar-refractivity contribution in [2.24, 2.45) is 0 Å². The Bertz CT molecular complexity index is 606. The van der Waals surface area contributed by atoms with E-state index in [2.05, 4.69) is 30.4 Å². The molecule has 104 valence electrons. The summed E-state index contributed by atoms with van der Waals surface area (Å²) in [7, 11) is 0. The molecule has 2 heteroatoms. The average molecular weight is 269 g/mol. The summed E-state index contributed by atoms with van der Waals surface area (Å²) in [6.45, 7) is 2.12. The van der Waals surface area contributed by atoms with Crippen molar-refractivity contribution < 1.29 is 4.39 Å². The number of benzene rings is 2. The molecule has 1 aliphatic carbocycles. The molecule has 1 aliphatic rings. The second-order valence-electron chi connectivity index (χ2n) is 5.61. The minimum absolute atomic E-state index is 0.184. The predicted octanol–water partition coefficient (Wildman–Crippen LogP) is 4.88. The van der Waals surface area contributed by atoms with E-state index in [-0.39, 0.29) is 11.9 Å². The maximum absolute atomic E-state index is 13.2. The molecule has 0 aliphatic heterocycles. The van der Waals surface area contributed by atoms with Crippen molar-refractivity contribution in [2.75, 3.05) is 5.32 Å². The maximum Gasteiger partial charge on any atom is 0.125 e. The Morgan fingerprint density at radius 3 is 2.60 bits per heavy atom. The van der Waals surface area contributed by atoms with Gasteiger partial charge in [0.1, 0.15) is 5.82 Å². The molecule has 0 spiro atoms. The van der Waals surface area contributed by atoms with Crippen LogP contribution in [0.4, 0.5) is 10.1 Å². The molecule has 1 unspecified atom stereocenters. The standard InChI is InChI=1S/C18H20FN/c1-13(20-18-8-4-7-17(19)12-18)15-10-9-14-5-2-3-6-16(14)11-15/h4,7-13,20H,2-3,5-6H2,1H3. The fraction of sp³-hybridized carbons (Fsp3) is 0.333. The summed E-state index contributed by atoms with van der Waals surface area (Å²) in [5.41, 5.74) is 5.09. The lowest BCUT2D eigenvalue weighted by molar-refractivity contribution is 0.628. The topological polar surface area (TPSA) is 12.0 Å². The quantitative estimate of drug-likeness (QED) is 0.837. The van der Waals surface area contributed by atoms with Gasteiger partial charge in [-0.1, -0.05) is 24.3 Å². The summed E-state index contributed by atoms with van der Waals surface area (Å²) in [6, 6.07) is 13.6. The van der Waals surface area contributed by atoms with Crippen LogP contribution in [-0.4, -0.2) is 0 Å². The number of anilines is 1. The highest BCUT2D eigenvalue weighted by Gasteiger charge is 2.12. The smallest absolute Gasteiger partial charge is 0.125 e. The Balaban J connectivity index is 1.78. The van der Waals surface area contributed by atoms with E-state index in [0.29, 0.717) is 0 Å². The van der Waals surface area contributed by atoms with Crippen molar-refractivity contribution >= 4 is 5.69 Å². The van der Waals surface area contributed by atoms with Crippen LogP contribution in [0.25, 0.3) is 0 Å². The van der Waals surface area contributed by atoms with E-state index in [0.717, 1.165) is 5.69 Å². The largest absolute Gasteiger partial charge is 0.378 e. The number of nitrogens with one attached hydrogen (secondary N) is 1. The van der Waals surface area contributed by atoms with Crippen LogP contribution in [0.1, 0.15) is 42.5 Å². The van der Waals surface area contributed by atoms with Gasteiger partial charge in [0.25, 0.3) is 0 Å². The van der Waals surface area contributed by atoms with Gasteiger partial charge >= 0.3 is 0 Å². The van der Waals surface area contributed by atoms with Gasteiger partial charge in [-0.25, -0.2) is 4.39 Å². The zero-order chi connectivity index (χ0) is 13.9. The Morgan fingerprint density at radius 2 is 1.80 bits per heavy atom. The van der Waals surface area contributed by atoms with E-state index in [9.17, 15) is 4.39 Å². The Hall–Kier alpha value is -1.83. The Morgan fingerprint density at radius 1 is 1.00 bits per heavy atom. The number of halogens is 1. The number of aryl methyl sites for hydroxylation is 2. The molecule has 1 nitrogen and oxygen atoms in total. The van der Waals surface area contributed by atoms with E-state index in [1.54, 1.807) is 6.07 Å². The number of hydrogen-bond acceptors (Lipinski definition) is 1. The molecule has 3 rings (SSSR count). The van der Waals surface area contributed by atoms with Crippen molar-refractivity contribution in [1.82, 2.24) is 0 Å². The van der Waals surface area contributed by atoms with E-state index < -0.39 is 0 Å². The first kappa shape index (κ1) is 13.2. The third-order valence-electron chi connectivity index (χ3n) is 4.08. The summed E-state index contributed by atoms with van der Waals surface area (Å²) in [6.07, 6.45) is 5.00. The predicted molar refractivity (Wildman–Crippen MR) is 81.5 cm³/mol. The van der Waals surface area contributed by atoms with Crippen LogP contribution in [0.3, 0.4) is 0 Å². The third kappa shape index (κ3) is 2.84. The molecular weight excluding hydrogens is 249 g/mol. The summed E-state index contributed by atoms with van der Waals surface area (Å²) < 4.78 is 13.2. The zero-order valence-corrected chi connectivity index (χ0v) is 11.8. The molecule has 20 heavy (non-hydrogen) atoms. The maximum atomic E-state index is 13.2. The van der Waals surface area contributed by atoms with Crippen LogP contribution in [-0.2, 0) is 12.8 Å². The van der Waals surface area contributed by atoms with Gasteiger partial charge < -0.3 is 5.32 Å². The van der Waals surface area contributed by atoms with E-state index in [4.69, 9.17) is 0 Å². The van der Waals surface area contributed by atoms with E-state index in [1.807, 2.05) is 6.07 Å². The molecule has 0 radical (unpaired) electrons. The molecule has 0 amide bonds. The molecule has 2 aromatic rings. The van der Waals surface area contributed by atoms with Crippen molar-refractivity contribution in [1.29, 1.82) is 0 Å². The average Bonchev–Trinajstić information content (AvgIpc) is 2.47. The van der Waals surface area contributed by atoms with Gasteiger partial charge in [-0.2, -0.15) is 0 Å². The number of fused-ring (bicyclic) bond motifs is 1. The minimum Gasteiger partial charge on any atom is -0.378 e. The molecule has 0 bridgehead atoms. The summed E-state index contributed by atoms with van der Waals surface area (Å²) >= 11 is 0. The van der Waals surface area contributed by atoms with Crippen LogP contribution in [0, 0.1) is 5.82 Å². The van der Waals surface area contributed by atoms with Gasteiger partial charge in [-0.3, -0.25) is 0 Å². The first-order chi connectivity index (χ1) is 9.72. The Labute approximate surface area is 119 Å². The van der Waals surface area contributed by atoms with Crippen LogP contribution >= 0.6 is 0 Å². The van der Waals surface area contributed by atoms with Crippen molar-refractivity contribution in [3.63, 3.8) is 0 Å². The highest BCUT2D eigenvalue weighted by molar-refractivity contribution is 5.46. The zero-order valence-electron chi connectivity index (χ0n) is 11.8. The van der Waals surface area contributed by atoms with Crippen molar-refractivity contribution in [3.8, 4) is 0 Å². The van der Waals surface area contributed by atoms with Gasteiger partial charge in [0.05, 0.1) is 0 Å². The number of rotatable bonds is 3. The van der Waals surface area contributed by atoms with Crippen LogP contribution in [0.15, 0.2) is 42.5 Å². The second-order valence-corrected chi connectivity index (χ2v) is 5.61. The summed E-state index contributed by atoms with van der Waals surface area (Å²) in [5.74, 6) is -0.201. The van der Waals surface area contributed by atoms with Gasteiger partial charge in [0.2, 0.25) is 0 Å². The molecule has 0 heterocycles. The number of hydrogen-bond donors (Lipinski definition) is 1. The van der Waals surface area contributed by atoms with Crippen LogP contribution in [0.2, 0.25) is 0 Å². The SMILES string of the molecule is CC(Nc1cccc(F)c1)c1ccc2c(c1)CCCC2. The monoisotopic (exact) mass is 269 g/mol.